The number of hydrogen-bond donors (Lipinski definition) is 0. The van der Waals surface area contributed by atoms with Crippen LogP contribution in [0.1, 0.15) is 0 Å². The Morgan fingerprint density at radius 3 is 1.58 bits per heavy atom. The van der Waals surface area contributed by atoms with Crippen LogP contribution in [-0.4, -0.2) is 9.55 Å². The van der Waals surface area contributed by atoms with E-state index in [1.807, 2.05) is 30.3 Å². The van der Waals surface area contributed by atoms with Gasteiger partial charge < -0.3 is 8.83 Å². The first-order chi connectivity index (χ1) is 26.2. The fourth-order valence-electron chi connectivity index (χ4n) is 7.78. The van der Waals surface area contributed by atoms with Crippen LogP contribution in [0.4, 0.5) is 0 Å². The molecule has 0 saturated carbocycles. The Morgan fingerprint density at radius 1 is 0.358 bits per heavy atom. The summed E-state index contributed by atoms with van der Waals surface area (Å²) in [6.07, 6.45) is 0. The molecule has 0 bridgehead atoms. The van der Waals surface area contributed by atoms with Crippen molar-refractivity contribution in [2.75, 3.05) is 0 Å². The van der Waals surface area contributed by atoms with Gasteiger partial charge in [0.25, 0.3) is 0 Å². The summed E-state index contributed by atoms with van der Waals surface area (Å²) in [5.41, 5.74) is 14.5. The number of nitrogens with zero attached hydrogens (tertiary/aromatic N) is 2. The largest absolute Gasteiger partial charge is 0.452 e. The molecule has 0 atom stereocenters. The molecule has 4 nitrogen and oxygen atoms in total. The Hall–Kier alpha value is -7.17. The summed E-state index contributed by atoms with van der Waals surface area (Å²) in [7, 11) is 0. The van der Waals surface area contributed by atoms with E-state index in [0.29, 0.717) is 0 Å². The number of fused-ring (bicyclic) bond motifs is 8. The Morgan fingerprint density at radius 2 is 0.868 bits per heavy atom. The Bertz CT molecular complexity index is 3130. The molecule has 0 N–H and O–H groups in total. The third-order valence-electron chi connectivity index (χ3n) is 10.5. The van der Waals surface area contributed by atoms with E-state index < -0.39 is 0 Å². The molecule has 0 fully saturated rings. The van der Waals surface area contributed by atoms with Crippen LogP contribution in [0.15, 0.2) is 191 Å². The highest BCUT2D eigenvalue weighted by Crippen LogP contribution is 2.40. The minimum Gasteiger partial charge on any atom is -0.452 e. The summed E-state index contributed by atoms with van der Waals surface area (Å²) in [5, 5.41) is 4.31. The first kappa shape index (κ1) is 29.5. The van der Waals surface area contributed by atoms with Gasteiger partial charge in [0.15, 0.2) is 11.2 Å². The standard InChI is InChI=1S/C49H30N2O2/c1-2-8-31(9-3-1)32-18-20-36(21-19-32)49-50-43-11-5-6-12-44(43)51(49)38-25-22-34(23-26-38)33-14-16-35(17-15-33)37-24-29-46-42(30-37)41-28-27-40-39-10-4-7-13-45(39)52-47(40)48(41)53-46/h1-30H. The van der Waals surface area contributed by atoms with E-state index in [4.69, 9.17) is 13.8 Å². The van der Waals surface area contributed by atoms with Crippen molar-refractivity contribution in [3.8, 4) is 50.5 Å². The molecule has 0 aliphatic heterocycles. The van der Waals surface area contributed by atoms with E-state index in [9.17, 15) is 0 Å². The van der Waals surface area contributed by atoms with Crippen molar-refractivity contribution in [2.24, 2.45) is 0 Å². The molecular weight excluding hydrogens is 649 g/mol. The quantitative estimate of drug-likeness (QED) is 0.182. The zero-order valence-electron chi connectivity index (χ0n) is 28.5. The van der Waals surface area contributed by atoms with Crippen molar-refractivity contribution in [1.29, 1.82) is 0 Å². The number of rotatable bonds is 5. The highest BCUT2D eigenvalue weighted by molar-refractivity contribution is 6.19. The molecule has 0 radical (unpaired) electrons. The van der Waals surface area contributed by atoms with Gasteiger partial charge in [0.1, 0.15) is 17.0 Å². The van der Waals surface area contributed by atoms with Gasteiger partial charge in [-0.3, -0.25) is 4.57 Å². The van der Waals surface area contributed by atoms with Crippen LogP contribution in [0, 0.1) is 0 Å². The molecule has 0 unspecified atom stereocenters. The second-order valence-corrected chi connectivity index (χ2v) is 13.6. The lowest BCUT2D eigenvalue weighted by Gasteiger charge is -2.12. The van der Waals surface area contributed by atoms with Crippen LogP contribution in [0.25, 0.3) is 105 Å². The second kappa shape index (κ2) is 11.7. The Balaban J connectivity index is 0.908. The fourth-order valence-corrected chi connectivity index (χ4v) is 7.78. The third kappa shape index (κ3) is 4.80. The van der Waals surface area contributed by atoms with Gasteiger partial charge in [-0.25, -0.2) is 4.98 Å². The molecular formula is C49H30N2O2. The maximum absolute atomic E-state index is 6.38. The number of furan rings is 2. The molecule has 11 aromatic rings. The van der Waals surface area contributed by atoms with Gasteiger partial charge in [-0.05, 0) is 88.0 Å². The average molecular weight is 679 g/mol. The molecule has 248 valence electrons. The van der Waals surface area contributed by atoms with Crippen molar-refractivity contribution < 1.29 is 8.83 Å². The van der Waals surface area contributed by atoms with Gasteiger partial charge in [-0.2, -0.15) is 0 Å². The molecule has 8 aromatic carbocycles. The topological polar surface area (TPSA) is 44.1 Å². The van der Waals surface area contributed by atoms with E-state index in [-0.39, 0.29) is 0 Å². The van der Waals surface area contributed by atoms with E-state index in [0.717, 1.165) is 94.2 Å². The third-order valence-corrected chi connectivity index (χ3v) is 10.5. The molecule has 4 heteroatoms. The predicted molar refractivity (Wildman–Crippen MR) is 217 cm³/mol. The van der Waals surface area contributed by atoms with E-state index in [2.05, 4.69) is 156 Å². The molecule has 0 amide bonds. The van der Waals surface area contributed by atoms with Crippen molar-refractivity contribution in [3.63, 3.8) is 0 Å². The van der Waals surface area contributed by atoms with Crippen LogP contribution in [0.5, 0.6) is 0 Å². The second-order valence-electron chi connectivity index (χ2n) is 13.6. The number of hydrogen-bond acceptors (Lipinski definition) is 3. The fraction of sp³-hybridized carbons (Fsp3) is 0. The molecule has 11 rings (SSSR count). The summed E-state index contributed by atoms with van der Waals surface area (Å²) < 4.78 is 14.9. The molecule has 0 saturated heterocycles. The number of aromatic nitrogens is 2. The molecule has 3 aromatic heterocycles. The molecule has 3 heterocycles. The first-order valence-electron chi connectivity index (χ1n) is 17.9. The normalized spacial score (nSPS) is 11.8. The van der Waals surface area contributed by atoms with Crippen LogP contribution in [0.3, 0.4) is 0 Å². The Kier molecular flexibility index (Phi) is 6.52. The van der Waals surface area contributed by atoms with Crippen molar-refractivity contribution in [1.82, 2.24) is 9.55 Å². The number of benzene rings is 8. The Labute approximate surface area is 304 Å². The smallest absolute Gasteiger partial charge is 0.178 e. The van der Waals surface area contributed by atoms with Crippen molar-refractivity contribution in [3.05, 3.63) is 182 Å². The predicted octanol–water partition coefficient (Wildman–Crippen LogP) is 13.5. The lowest BCUT2D eigenvalue weighted by atomic mass is 9.99. The number of para-hydroxylation sites is 3. The minimum atomic E-state index is 0.793. The van der Waals surface area contributed by atoms with Gasteiger partial charge in [0.2, 0.25) is 0 Å². The number of imidazole rings is 1. The SMILES string of the molecule is c1ccc(-c2ccc(-c3nc4ccccc4n3-c3ccc(-c4ccc(-c5ccc6oc7c(ccc8c9ccccc9oc87)c6c5)cc4)cc3)cc2)cc1. The van der Waals surface area contributed by atoms with Gasteiger partial charge in [-0.1, -0.05) is 127 Å². The molecule has 53 heavy (non-hydrogen) atoms. The van der Waals surface area contributed by atoms with Crippen LogP contribution < -0.4 is 0 Å². The summed E-state index contributed by atoms with van der Waals surface area (Å²) >= 11 is 0. The average Bonchev–Trinajstić information content (AvgIpc) is 3.93. The van der Waals surface area contributed by atoms with Gasteiger partial charge in [0, 0.05) is 32.8 Å². The summed E-state index contributed by atoms with van der Waals surface area (Å²) in [6, 6.07) is 63.9. The van der Waals surface area contributed by atoms with Crippen LogP contribution in [-0.2, 0) is 0 Å². The first-order valence-corrected chi connectivity index (χ1v) is 17.9. The summed E-state index contributed by atoms with van der Waals surface area (Å²) in [5.74, 6) is 0.923. The molecule has 0 spiro atoms. The monoisotopic (exact) mass is 678 g/mol. The van der Waals surface area contributed by atoms with E-state index in [1.54, 1.807) is 0 Å². The van der Waals surface area contributed by atoms with Gasteiger partial charge in [0.05, 0.1) is 11.0 Å². The summed E-state index contributed by atoms with van der Waals surface area (Å²) in [6.45, 7) is 0. The van der Waals surface area contributed by atoms with Crippen molar-refractivity contribution >= 4 is 54.9 Å². The highest BCUT2D eigenvalue weighted by Gasteiger charge is 2.17. The van der Waals surface area contributed by atoms with Crippen molar-refractivity contribution in [2.45, 2.75) is 0 Å². The molecule has 0 aliphatic carbocycles. The van der Waals surface area contributed by atoms with Gasteiger partial charge in [-0.15, -0.1) is 0 Å². The summed E-state index contributed by atoms with van der Waals surface area (Å²) in [4.78, 5) is 5.09. The zero-order chi connectivity index (χ0) is 34.9. The maximum Gasteiger partial charge on any atom is 0.178 e. The van der Waals surface area contributed by atoms with E-state index >= 15 is 0 Å². The lowest BCUT2D eigenvalue weighted by Crippen LogP contribution is -1.97. The highest BCUT2D eigenvalue weighted by atomic mass is 16.4. The van der Waals surface area contributed by atoms with Crippen LogP contribution >= 0.6 is 0 Å². The van der Waals surface area contributed by atoms with Gasteiger partial charge >= 0.3 is 0 Å². The minimum absolute atomic E-state index is 0.793. The zero-order valence-corrected chi connectivity index (χ0v) is 28.5. The van der Waals surface area contributed by atoms with Crippen LogP contribution in [0.2, 0.25) is 0 Å². The lowest BCUT2D eigenvalue weighted by molar-refractivity contribution is 0.633. The maximum atomic E-state index is 6.38. The van der Waals surface area contributed by atoms with E-state index in [1.165, 1.54) is 11.1 Å². The molecule has 0 aliphatic rings.